The van der Waals surface area contributed by atoms with Crippen LogP contribution in [0.15, 0.2) is 48.5 Å². The number of nitrogens with zero attached hydrogens (tertiary/aromatic N) is 1. The van der Waals surface area contributed by atoms with Crippen LogP contribution in [0.4, 0.5) is 0 Å². The Morgan fingerprint density at radius 1 is 1.22 bits per heavy atom. The van der Waals surface area contributed by atoms with Gasteiger partial charge in [0.15, 0.2) is 6.61 Å². The van der Waals surface area contributed by atoms with Crippen molar-refractivity contribution in [3.8, 4) is 5.75 Å². The van der Waals surface area contributed by atoms with Gasteiger partial charge in [-0.1, -0.05) is 53.5 Å². The number of ether oxygens (including phenoxy) is 2. The van der Waals surface area contributed by atoms with Crippen molar-refractivity contribution in [3.63, 3.8) is 0 Å². The molecule has 0 saturated carbocycles. The zero-order chi connectivity index (χ0) is 19.1. The summed E-state index contributed by atoms with van der Waals surface area (Å²) in [5, 5.41) is 3.77. The third-order valence-electron chi connectivity index (χ3n) is 4.25. The smallest absolute Gasteiger partial charge is 0.258 e. The largest absolute Gasteiger partial charge is 0.482 e. The van der Waals surface area contributed by atoms with Gasteiger partial charge in [0.05, 0.1) is 17.7 Å². The molecule has 3 rings (SSSR count). The Hall–Kier alpha value is -1.79. The summed E-state index contributed by atoms with van der Waals surface area (Å²) in [6.07, 6.45) is -0.0406. The second kappa shape index (κ2) is 9.95. The molecule has 1 saturated heterocycles. The molecule has 2 aromatic carbocycles. The highest BCUT2D eigenvalue weighted by atomic mass is 35.5. The quantitative estimate of drug-likeness (QED) is 0.762. The summed E-state index contributed by atoms with van der Waals surface area (Å²) in [5.74, 6) is 0.164. The summed E-state index contributed by atoms with van der Waals surface area (Å²) in [6.45, 7) is 3.51. The number of carbonyl (C=O) groups is 1. The lowest BCUT2D eigenvalue weighted by Gasteiger charge is -2.33. The van der Waals surface area contributed by atoms with Crippen LogP contribution in [0.5, 0.6) is 5.75 Å². The number of benzene rings is 2. The first kappa shape index (κ1) is 20.0. The number of halogens is 2. The second-order valence-corrected chi connectivity index (χ2v) is 7.22. The van der Waals surface area contributed by atoms with Crippen LogP contribution in [0.25, 0.3) is 0 Å². The first-order valence-electron chi connectivity index (χ1n) is 8.82. The molecule has 1 aliphatic heterocycles. The van der Waals surface area contributed by atoms with E-state index in [0.717, 1.165) is 19.6 Å². The van der Waals surface area contributed by atoms with E-state index in [0.29, 0.717) is 28.9 Å². The van der Waals surface area contributed by atoms with Gasteiger partial charge in [-0.2, -0.15) is 0 Å². The summed E-state index contributed by atoms with van der Waals surface area (Å²) >= 11 is 11.9. The van der Waals surface area contributed by atoms with Crippen molar-refractivity contribution in [2.24, 2.45) is 0 Å². The van der Waals surface area contributed by atoms with E-state index >= 15 is 0 Å². The molecule has 1 aliphatic rings. The Morgan fingerprint density at radius 2 is 2.04 bits per heavy atom. The van der Waals surface area contributed by atoms with Crippen molar-refractivity contribution in [1.82, 2.24) is 10.2 Å². The SMILES string of the molecule is O=C(COc1cc(Cl)ccc1Cl)NCC1CN(Cc2ccccc2)CCO1. The highest BCUT2D eigenvalue weighted by Crippen LogP contribution is 2.27. The third-order valence-corrected chi connectivity index (χ3v) is 4.80. The minimum Gasteiger partial charge on any atom is -0.482 e. The van der Waals surface area contributed by atoms with Crippen LogP contribution < -0.4 is 10.1 Å². The summed E-state index contributed by atoms with van der Waals surface area (Å²) in [4.78, 5) is 14.4. The van der Waals surface area contributed by atoms with Crippen molar-refractivity contribution in [3.05, 3.63) is 64.1 Å². The maximum Gasteiger partial charge on any atom is 0.258 e. The van der Waals surface area contributed by atoms with Gasteiger partial charge >= 0.3 is 0 Å². The number of amides is 1. The average Bonchev–Trinajstić information content (AvgIpc) is 2.68. The van der Waals surface area contributed by atoms with Crippen molar-refractivity contribution >= 4 is 29.1 Å². The molecule has 0 aromatic heterocycles. The van der Waals surface area contributed by atoms with E-state index in [1.807, 2.05) is 18.2 Å². The van der Waals surface area contributed by atoms with Gasteiger partial charge in [0.25, 0.3) is 5.91 Å². The zero-order valence-corrected chi connectivity index (χ0v) is 16.4. The molecular weight excluding hydrogens is 387 g/mol. The van der Waals surface area contributed by atoms with E-state index in [1.54, 1.807) is 18.2 Å². The third kappa shape index (κ3) is 6.40. The maximum absolute atomic E-state index is 12.0. The van der Waals surface area contributed by atoms with Gasteiger partial charge in [-0.05, 0) is 17.7 Å². The molecule has 1 atom stereocenters. The molecule has 0 aliphatic carbocycles. The number of nitrogens with one attached hydrogen (secondary N) is 1. The zero-order valence-electron chi connectivity index (χ0n) is 14.9. The number of hydrogen-bond acceptors (Lipinski definition) is 4. The molecule has 27 heavy (non-hydrogen) atoms. The molecule has 144 valence electrons. The molecule has 7 heteroatoms. The molecule has 2 aromatic rings. The van der Waals surface area contributed by atoms with Crippen LogP contribution >= 0.6 is 23.2 Å². The minimum atomic E-state index is -0.227. The summed E-state index contributed by atoms with van der Waals surface area (Å²) in [5.41, 5.74) is 1.27. The summed E-state index contributed by atoms with van der Waals surface area (Å²) in [7, 11) is 0. The van der Waals surface area contributed by atoms with Crippen LogP contribution in [0.2, 0.25) is 10.0 Å². The van der Waals surface area contributed by atoms with Gasteiger partial charge in [0, 0.05) is 37.3 Å². The van der Waals surface area contributed by atoms with Crippen LogP contribution in [-0.2, 0) is 16.1 Å². The van der Waals surface area contributed by atoms with Gasteiger partial charge in [-0.25, -0.2) is 0 Å². The molecule has 1 fully saturated rings. The van der Waals surface area contributed by atoms with Crippen LogP contribution in [0.1, 0.15) is 5.56 Å². The lowest BCUT2D eigenvalue weighted by Crippen LogP contribution is -2.47. The lowest BCUT2D eigenvalue weighted by molar-refractivity contribution is -0.124. The van der Waals surface area contributed by atoms with Crippen LogP contribution in [-0.4, -0.2) is 49.8 Å². The Labute approximate surface area is 169 Å². The van der Waals surface area contributed by atoms with E-state index < -0.39 is 0 Å². The highest BCUT2D eigenvalue weighted by Gasteiger charge is 2.21. The fourth-order valence-corrected chi connectivity index (χ4v) is 3.23. The first-order chi connectivity index (χ1) is 13.1. The van der Waals surface area contributed by atoms with Gasteiger partial charge in [0.1, 0.15) is 5.75 Å². The second-order valence-electron chi connectivity index (χ2n) is 6.38. The summed E-state index contributed by atoms with van der Waals surface area (Å²) < 4.78 is 11.2. The van der Waals surface area contributed by atoms with E-state index in [4.69, 9.17) is 32.7 Å². The molecule has 0 radical (unpaired) electrons. The lowest BCUT2D eigenvalue weighted by atomic mass is 10.2. The molecular formula is C20H22Cl2N2O3. The van der Waals surface area contributed by atoms with Gasteiger partial charge in [0.2, 0.25) is 0 Å². The average molecular weight is 409 g/mol. The summed E-state index contributed by atoms with van der Waals surface area (Å²) in [6, 6.07) is 15.2. The molecule has 1 N–H and O–H groups in total. The van der Waals surface area contributed by atoms with Crippen molar-refractivity contribution < 1.29 is 14.3 Å². The number of hydrogen-bond donors (Lipinski definition) is 1. The standard InChI is InChI=1S/C20H22Cl2N2O3/c21-16-6-7-18(22)19(10-16)27-14-20(25)23-11-17-13-24(8-9-26-17)12-15-4-2-1-3-5-15/h1-7,10,17H,8-9,11-14H2,(H,23,25). The van der Waals surface area contributed by atoms with Crippen LogP contribution in [0, 0.1) is 0 Å². The first-order valence-corrected chi connectivity index (χ1v) is 9.58. The predicted molar refractivity (Wildman–Crippen MR) is 106 cm³/mol. The molecule has 1 amide bonds. The molecule has 1 unspecified atom stereocenters. The Morgan fingerprint density at radius 3 is 2.85 bits per heavy atom. The van der Waals surface area contributed by atoms with E-state index in [1.165, 1.54) is 5.56 Å². The monoisotopic (exact) mass is 408 g/mol. The fourth-order valence-electron chi connectivity index (χ4n) is 2.90. The van der Waals surface area contributed by atoms with Gasteiger partial charge < -0.3 is 14.8 Å². The van der Waals surface area contributed by atoms with E-state index in [-0.39, 0.29) is 18.6 Å². The fraction of sp³-hybridized carbons (Fsp3) is 0.350. The number of carbonyl (C=O) groups excluding carboxylic acids is 1. The van der Waals surface area contributed by atoms with E-state index in [2.05, 4.69) is 22.3 Å². The molecule has 0 bridgehead atoms. The normalized spacial score (nSPS) is 17.5. The van der Waals surface area contributed by atoms with Gasteiger partial charge in [-0.15, -0.1) is 0 Å². The number of morpholine rings is 1. The van der Waals surface area contributed by atoms with Crippen molar-refractivity contribution in [2.75, 3.05) is 32.8 Å². The maximum atomic E-state index is 12.0. The Bertz CT molecular complexity index is 758. The molecule has 0 spiro atoms. The van der Waals surface area contributed by atoms with Gasteiger partial charge in [-0.3, -0.25) is 9.69 Å². The minimum absolute atomic E-state index is 0.0406. The Kier molecular flexibility index (Phi) is 7.35. The van der Waals surface area contributed by atoms with E-state index in [9.17, 15) is 4.79 Å². The molecule has 5 nitrogen and oxygen atoms in total. The Balaban J connectivity index is 1.41. The highest BCUT2D eigenvalue weighted by molar-refractivity contribution is 6.34. The topological polar surface area (TPSA) is 50.8 Å². The van der Waals surface area contributed by atoms with Crippen LogP contribution in [0.3, 0.4) is 0 Å². The predicted octanol–water partition coefficient (Wildman–Crippen LogP) is 3.39. The number of rotatable bonds is 7. The van der Waals surface area contributed by atoms with Crippen molar-refractivity contribution in [1.29, 1.82) is 0 Å². The molecule has 1 heterocycles. The van der Waals surface area contributed by atoms with Crippen molar-refractivity contribution in [2.45, 2.75) is 12.6 Å².